The van der Waals surface area contributed by atoms with Crippen molar-refractivity contribution in [1.29, 1.82) is 0 Å². The summed E-state index contributed by atoms with van der Waals surface area (Å²) in [5.41, 5.74) is 6.82. The van der Waals surface area contributed by atoms with Crippen LogP contribution in [0.25, 0.3) is 0 Å². The molecule has 0 aliphatic rings. The number of benzene rings is 1. The van der Waals surface area contributed by atoms with Gasteiger partial charge in [-0.05, 0) is 26.0 Å². The second-order valence-electron chi connectivity index (χ2n) is 4.36. The molecule has 4 nitrogen and oxygen atoms in total. The maximum atomic E-state index is 8.52. The first-order valence-electron chi connectivity index (χ1n) is 5.84. The molecule has 0 bridgehead atoms. The first kappa shape index (κ1) is 13.5. The van der Waals surface area contributed by atoms with Gasteiger partial charge in [0.15, 0.2) is 0 Å². The van der Waals surface area contributed by atoms with Crippen LogP contribution >= 0.6 is 0 Å². The van der Waals surface area contributed by atoms with Gasteiger partial charge in [0, 0.05) is 19.0 Å². The van der Waals surface area contributed by atoms with E-state index in [4.69, 9.17) is 10.9 Å². The molecule has 0 aliphatic carbocycles. The molecule has 0 saturated carbocycles. The second-order valence-corrected chi connectivity index (χ2v) is 4.36. The zero-order chi connectivity index (χ0) is 12.7. The predicted molar refractivity (Wildman–Crippen MR) is 70.3 cm³/mol. The number of nitrogens with zero attached hydrogens (tertiary/aromatic N) is 2. The molecule has 1 aromatic carbocycles. The van der Waals surface area contributed by atoms with Crippen molar-refractivity contribution in [1.82, 2.24) is 4.90 Å². The number of rotatable bonds is 6. The molecule has 17 heavy (non-hydrogen) atoms. The SMILES string of the molecule is CC(C/C(N)=N/O)N(C)CCc1ccccc1. The van der Waals surface area contributed by atoms with Crippen molar-refractivity contribution in [3.63, 3.8) is 0 Å². The molecule has 1 aromatic rings. The van der Waals surface area contributed by atoms with E-state index < -0.39 is 0 Å². The Morgan fingerprint density at radius 3 is 2.65 bits per heavy atom. The van der Waals surface area contributed by atoms with Gasteiger partial charge in [-0.2, -0.15) is 0 Å². The Kier molecular flexibility index (Phi) is 5.49. The lowest BCUT2D eigenvalue weighted by Gasteiger charge is -2.24. The monoisotopic (exact) mass is 235 g/mol. The summed E-state index contributed by atoms with van der Waals surface area (Å²) in [5.74, 6) is 0.282. The highest BCUT2D eigenvalue weighted by Gasteiger charge is 2.10. The van der Waals surface area contributed by atoms with E-state index in [9.17, 15) is 0 Å². The third-order valence-electron chi connectivity index (χ3n) is 2.98. The van der Waals surface area contributed by atoms with Crippen LogP contribution < -0.4 is 5.73 Å². The number of hydrogen-bond acceptors (Lipinski definition) is 3. The lowest BCUT2D eigenvalue weighted by atomic mass is 10.1. The molecule has 1 unspecified atom stereocenters. The van der Waals surface area contributed by atoms with Gasteiger partial charge in [0.05, 0.1) is 0 Å². The van der Waals surface area contributed by atoms with Crippen LogP contribution in [0.15, 0.2) is 35.5 Å². The number of nitrogens with two attached hydrogens (primary N) is 1. The lowest BCUT2D eigenvalue weighted by molar-refractivity contribution is 0.261. The van der Waals surface area contributed by atoms with E-state index in [1.807, 2.05) is 6.07 Å². The molecule has 1 rings (SSSR count). The summed E-state index contributed by atoms with van der Waals surface area (Å²) in [4.78, 5) is 2.21. The molecule has 4 heteroatoms. The summed E-state index contributed by atoms with van der Waals surface area (Å²) in [6, 6.07) is 10.7. The molecular formula is C13H21N3O. The smallest absolute Gasteiger partial charge is 0.140 e. The molecule has 0 aliphatic heterocycles. The minimum absolute atomic E-state index is 0.273. The molecule has 3 N–H and O–H groups in total. The summed E-state index contributed by atoms with van der Waals surface area (Å²) in [6.45, 7) is 3.03. The average molecular weight is 235 g/mol. The number of likely N-dealkylation sites (N-methyl/N-ethyl adjacent to an activating group) is 1. The third kappa shape index (κ3) is 4.87. The number of amidine groups is 1. The Balaban J connectivity index is 2.36. The largest absolute Gasteiger partial charge is 0.409 e. The second kappa shape index (κ2) is 6.91. The van der Waals surface area contributed by atoms with E-state index in [1.54, 1.807) is 0 Å². The molecule has 0 saturated heterocycles. The Labute approximate surface area is 103 Å². The zero-order valence-corrected chi connectivity index (χ0v) is 10.5. The molecule has 0 spiro atoms. The fourth-order valence-electron chi connectivity index (χ4n) is 1.67. The van der Waals surface area contributed by atoms with E-state index in [-0.39, 0.29) is 11.9 Å². The third-order valence-corrected chi connectivity index (χ3v) is 2.98. The van der Waals surface area contributed by atoms with Crippen LogP contribution in [0.2, 0.25) is 0 Å². The van der Waals surface area contributed by atoms with Crippen molar-refractivity contribution >= 4 is 5.84 Å². The van der Waals surface area contributed by atoms with Gasteiger partial charge in [-0.1, -0.05) is 35.5 Å². The van der Waals surface area contributed by atoms with Crippen LogP contribution in [0.1, 0.15) is 18.9 Å². The minimum atomic E-state index is 0.273. The molecule has 0 heterocycles. The lowest BCUT2D eigenvalue weighted by Crippen LogP contribution is -2.34. The van der Waals surface area contributed by atoms with E-state index >= 15 is 0 Å². The van der Waals surface area contributed by atoms with Gasteiger partial charge in [0.25, 0.3) is 0 Å². The van der Waals surface area contributed by atoms with Crippen LogP contribution in [0, 0.1) is 0 Å². The summed E-state index contributed by atoms with van der Waals surface area (Å²) in [5, 5.41) is 11.5. The van der Waals surface area contributed by atoms with Gasteiger partial charge in [0.2, 0.25) is 0 Å². The standard InChI is InChI=1S/C13H21N3O/c1-11(10-13(14)15-17)16(2)9-8-12-6-4-3-5-7-12/h3-7,11,17H,8-10H2,1-2H3,(H2,14,15). The van der Waals surface area contributed by atoms with E-state index in [0.717, 1.165) is 13.0 Å². The van der Waals surface area contributed by atoms with Crippen LogP contribution in [0.5, 0.6) is 0 Å². The van der Waals surface area contributed by atoms with Gasteiger partial charge < -0.3 is 15.8 Å². The first-order chi connectivity index (χ1) is 8.13. The van der Waals surface area contributed by atoms with Crippen molar-refractivity contribution in [3.05, 3.63) is 35.9 Å². The minimum Gasteiger partial charge on any atom is -0.409 e. The average Bonchev–Trinajstić information content (AvgIpc) is 2.36. The highest BCUT2D eigenvalue weighted by molar-refractivity contribution is 5.80. The topological polar surface area (TPSA) is 61.9 Å². The Hall–Kier alpha value is -1.55. The van der Waals surface area contributed by atoms with Crippen LogP contribution in [-0.2, 0) is 6.42 Å². The molecule has 0 aromatic heterocycles. The van der Waals surface area contributed by atoms with Crippen LogP contribution in [0.4, 0.5) is 0 Å². The summed E-state index contributed by atoms with van der Waals surface area (Å²) in [6.07, 6.45) is 1.60. The fraction of sp³-hybridized carbons (Fsp3) is 0.462. The van der Waals surface area contributed by atoms with Crippen LogP contribution in [-0.4, -0.2) is 35.6 Å². The van der Waals surface area contributed by atoms with Crippen molar-refractivity contribution in [2.24, 2.45) is 10.9 Å². The van der Waals surface area contributed by atoms with Gasteiger partial charge in [-0.3, -0.25) is 0 Å². The molecular weight excluding hydrogens is 214 g/mol. The Morgan fingerprint density at radius 2 is 2.06 bits per heavy atom. The molecule has 94 valence electrons. The Morgan fingerprint density at radius 1 is 1.41 bits per heavy atom. The highest BCUT2D eigenvalue weighted by Crippen LogP contribution is 2.05. The molecule has 0 fully saturated rings. The van der Waals surface area contributed by atoms with Gasteiger partial charge in [0.1, 0.15) is 5.84 Å². The molecule has 1 atom stereocenters. The quantitative estimate of drug-likeness (QED) is 0.341. The number of oxime groups is 1. The summed E-state index contributed by atoms with van der Waals surface area (Å²) in [7, 11) is 2.05. The van der Waals surface area contributed by atoms with Gasteiger partial charge in [-0.25, -0.2) is 0 Å². The fourth-order valence-corrected chi connectivity index (χ4v) is 1.67. The van der Waals surface area contributed by atoms with Crippen molar-refractivity contribution in [2.45, 2.75) is 25.8 Å². The zero-order valence-electron chi connectivity index (χ0n) is 10.5. The molecule has 0 amide bonds. The summed E-state index contributed by atoms with van der Waals surface area (Å²) < 4.78 is 0. The maximum absolute atomic E-state index is 8.52. The Bertz CT molecular complexity index is 351. The summed E-state index contributed by atoms with van der Waals surface area (Å²) >= 11 is 0. The van der Waals surface area contributed by atoms with E-state index in [0.29, 0.717) is 6.42 Å². The first-order valence-corrected chi connectivity index (χ1v) is 5.84. The van der Waals surface area contributed by atoms with E-state index in [1.165, 1.54) is 5.56 Å². The maximum Gasteiger partial charge on any atom is 0.140 e. The normalized spacial score (nSPS) is 13.9. The molecule has 0 radical (unpaired) electrons. The van der Waals surface area contributed by atoms with Crippen molar-refractivity contribution in [3.8, 4) is 0 Å². The predicted octanol–water partition coefficient (Wildman–Crippen LogP) is 1.69. The van der Waals surface area contributed by atoms with Crippen molar-refractivity contribution in [2.75, 3.05) is 13.6 Å². The van der Waals surface area contributed by atoms with Gasteiger partial charge >= 0.3 is 0 Å². The van der Waals surface area contributed by atoms with Crippen molar-refractivity contribution < 1.29 is 5.21 Å². The number of hydrogen-bond donors (Lipinski definition) is 2. The highest BCUT2D eigenvalue weighted by atomic mass is 16.4. The van der Waals surface area contributed by atoms with Crippen LogP contribution in [0.3, 0.4) is 0 Å². The van der Waals surface area contributed by atoms with Gasteiger partial charge in [-0.15, -0.1) is 0 Å². The van der Waals surface area contributed by atoms with E-state index in [2.05, 4.69) is 48.3 Å².